The summed E-state index contributed by atoms with van der Waals surface area (Å²) in [4.78, 5) is 12.5. The number of nitrogens with one attached hydrogen (secondary N) is 2. The molecule has 0 aromatic heterocycles. The van der Waals surface area contributed by atoms with Gasteiger partial charge in [0, 0.05) is 25.7 Å². The highest BCUT2D eigenvalue weighted by Crippen LogP contribution is 2.28. The highest BCUT2D eigenvalue weighted by molar-refractivity contribution is 7.89. The summed E-state index contributed by atoms with van der Waals surface area (Å²) >= 11 is 0. The number of anilines is 1. The van der Waals surface area contributed by atoms with Crippen LogP contribution >= 0.6 is 0 Å². The van der Waals surface area contributed by atoms with Crippen LogP contribution < -0.4 is 10.0 Å². The Bertz CT molecular complexity index is 854. The van der Waals surface area contributed by atoms with Crippen molar-refractivity contribution in [3.8, 4) is 0 Å². The number of nitrogens with zero attached hydrogens (tertiary/aromatic N) is 2. The van der Waals surface area contributed by atoms with Crippen molar-refractivity contribution in [2.24, 2.45) is 0 Å². The average Bonchev–Trinajstić information content (AvgIpc) is 2.60. The Hall–Kier alpha value is -2.49. The SMILES string of the molecule is CN(C)CCNS(=O)(=O)c1ccc(NCc2ccccc2)c([N+](=O)[O-])c1. The highest BCUT2D eigenvalue weighted by Gasteiger charge is 2.21. The molecule has 2 aromatic carbocycles. The summed E-state index contributed by atoms with van der Waals surface area (Å²) < 4.78 is 27.1. The van der Waals surface area contributed by atoms with Crippen LogP contribution in [0.1, 0.15) is 5.56 Å². The molecular weight excluding hydrogens is 356 g/mol. The first-order valence-corrected chi connectivity index (χ1v) is 9.48. The molecule has 2 rings (SSSR count). The summed E-state index contributed by atoms with van der Waals surface area (Å²) in [6.07, 6.45) is 0. The van der Waals surface area contributed by atoms with Gasteiger partial charge in [-0.3, -0.25) is 10.1 Å². The van der Waals surface area contributed by atoms with Crippen LogP contribution in [0.15, 0.2) is 53.4 Å². The third-order valence-electron chi connectivity index (χ3n) is 3.65. The summed E-state index contributed by atoms with van der Waals surface area (Å²) in [5.41, 5.74) is 0.950. The molecule has 0 aliphatic rings. The second kappa shape index (κ2) is 8.75. The summed E-state index contributed by atoms with van der Waals surface area (Å²) in [6, 6.07) is 13.3. The Morgan fingerprint density at radius 2 is 1.81 bits per heavy atom. The molecule has 0 unspecified atom stereocenters. The van der Waals surface area contributed by atoms with Crippen molar-refractivity contribution in [2.75, 3.05) is 32.5 Å². The van der Waals surface area contributed by atoms with Crippen LogP contribution in [0.3, 0.4) is 0 Å². The first-order valence-electron chi connectivity index (χ1n) is 8.00. The minimum absolute atomic E-state index is 0.131. The van der Waals surface area contributed by atoms with Crippen molar-refractivity contribution in [3.05, 3.63) is 64.2 Å². The summed E-state index contributed by atoms with van der Waals surface area (Å²) in [5, 5.41) is 14.3. The van der Waals surface area contributed by atoms with Gasteiger partial charge in [-0.2, -0.15) is 0 Å². The molecule has 26 heavy (non-hydrogen) atoms. The number of nitro groups is 1. The smallest absolute Gasteiger partial charge is 0.293 e. The molecule has 0 atom stereocenters. The predicted molar refractivity (Wildman–Crippen MR) is 101 cm³/mol. The Labute approximate surface area is 153 Å². The number of rotatable bonds is 9. The van der Waals surface area contributed by atoms with Crippen LogP contribution in [0, 0.1) is 10.1 Å². The maximum atomic E-state index is 12.3. The predicted octanol–water partition coefficient (Wildman–Crippen LogP) is 2.05. The maximum absolute atomic E-state index is 12.3. The van der Waals surface area contributed by atoms with E-state index in [2.05, 4.69) is 10.0 Å². The average molecular weight is 378 g/mol. The molecule has 0 spiro atoms. The third kappa shape index (κ3) is 5.51. The van der Waals surface area contributed by atoms with Gasteiger partial charge in [-0.15, -0.1) is 0 Å². The van der Waals surface area contributed by atoms with Gasteiger partial charge >= 0.3 is 0 Å². The maximum Gasteiger partial charge on any atom is 0.293 e. The van der Waals surface area contributed by atoms with E-state index in [0.717, 1.165) is 11.6 Å². The molecule has 140 valence electrons. The molecule has 0 bridgehead atoms. The highest BCUT2D eigenvalue weighted by atomic mass is 32.2. The van der Waals surface area contributed by atoms with E-state index in [9.17, 15) is 18.5 Å². The second-order valence-corrected chi connectivity index (χ2v) is 7.74. The lowest BCUT2D eigenvalue weighted by Gasteiger charge is -2.12. The summed E-state index contributed by atoms with van der Waals surface area (Å²) in [5.74, 6) is 0. The fourth-order valence-electron chi connectivity index (χ4n) is 2.26. The Balaban J connectivity index is 2.18. The monoisotopic (exact) mass is 378 g/mol. The van der Waals surface area contributed by atoms with Crippen LogP contribution in [-0.2, 0) is 16.6 Å². The molecule has 8 nitrogen and oxygen atoms in total. The number of nitro benzene ring substituents is 1. The lowest BCUT2D eigenvalue weighted by atomic mass is 10.2. The molecule has 0 fully saturated rings. The number of hydrogen-bond acceptors (Lipinski definition) is 6. The van der Waals surface area contributed by atoms with Gasteiger partial charge in [0.1, 0.15) is 5.69 Å². The Morgan fingerprint density at radius 1 is 1.12 bits per heavy atom. The number of hydrogen-bond donors (Lipinski definition) is 2. The molecule has 0 saturated heterocycles. The van der Waals surface area contributed by atoms with E-state index in [4.69, 9.17) is 0 Å². The minimum Gasteiger partial charge on any atom is -0.375 e. The first kappa shape index (κ1) is 19.8. The zero-order chi connectivity index (χ0) is 19.2. The van der Waals surface area contributed by atoms with Crippen molar-refractivity contribution < 1.29 is 13.3 Å². The second-order valence-electron chi connectivity index (χ2n) is 5.98. The van der Waals surface area contributed by atoms with Crippen molar-refractivity contribution >= 4 is 21.4 Å². The van der Waals surface area contributed by atoms with Crippen LogP contribution in [-0.4, -0.2) is 45.4 Å². The quantitative estimate of drug-likeness (QED) is 0.511. The van der Waals surface area contributed by atoms with Gasteiger partial charge in [0.25, 0.3) is 5.69 Å². The molecular formula is C17H22N4O4S. The zero-order valence-corrected chi connectivity index (χ0v) is 15.5. The van der Waals surface area contributed by atoms with Crippen LogP contribution in [0.25, 0.3) is 0 Å². The van der Waals surface area contributed by atoms with Crippen molar-refractivity contribution in [2.45, 2.75) is 11.4 Å². The van der Waals surface area contributed by atoms with Gasteiger partial charge in [0.2, 0.25) is 10.0 Å². The van der Waals surface area contributed by atoms with Crippen molar-refractivity contribution in [3.63, 3.8) is 0 Å². The summed E-state index contributed by atoms with van der Waals surface area (Å²) in [7, 11) is -0.153. The van der Waals surface area contributed by atoms with E-state index in [1.165, 1.54) is 12.1 Å². The topological polar surface area (TPSA) is 105 Å². The van der Waals surface area contributed by atoms with E-state index < -0.39 is 14.9 Å². The van der Waals surface area contributed by atoms with Gasteiger partial charge in [-0.25, -0.2) is 13.1 Å². The van der Waals surface area contributed by atoms with E-state index in [1.807, 2.05) is 49.3 Å². The molecule has 0 amide bonds. The molecule has 2 aromatic rings. The van der Waals surface area contributed by atoms with E-state index in [1.54, 1.807) is 0 Å². The number of likely N-dealkylation sites (N-methyl/N-ethyl adjacent to an activating group) is 1. The fourth-order valence-corrected chi connectivity index (χ4v) is 3.30. The van der Waals surface area contributed by atoms with Crippen molar-refractivity contribution in [1.29, 1.82) is 0 Å². The molecule has 0 aliphatic carbocycles. The van der Waals surface area contributed by atoms with Gasteiger partial charge in [-0.1, -0.05) is 30.3 Å². The molecule has 2 N–H and O–H groups in total. The van der Waals surface area contributed by atoms with Crippen LogP contribution in [0.4, 0.5) is 11.4 Å². The lowest BCUT2D eigenvalue weighted by Crippen LogP contribution is -2.31. The fraction of sp³-hybridized carbons (Fsp3) is 0.294. The normalized spacial score (nSPS) is 11.5. The number of benzene rings is 2. The van der Waals surface area contributed by atoms with E-state index >= 15 is 0 Å². The van der Waals surface area contributed by atoms with Gasteiger partial charge < -0.3 is 10.2 Å². The Kier molecular flexibility index (Phi) is 6.67. The zero-order valence-electron chi connectivity index (χ0n) is 14.7. The minimum atomic E-state index is -3.80. The van der Waals surface area contributed by atoms with Crippen molar-refractivity contribution in [1.82, 2.24) is 9.62 Å². The van der Waals surface area contributed by atoms with E-state index in [0.29, 0.717) is 13.1 Å². The van der Waals surface area contributed by atoms with Gasteiger partial charge in [0.15, 0.2) is 0 Å². The molecule has 0 heterocycles. The van der Waals surface area contributed by atoms with Crippen LogP contribution in [0.5, 0.6) is 0 Å². The van der Waals surface area contributed by atoms with Gasteiger partial charge in [0.05, 0.1) is 9.82 Å². The molecule has 0 saturated carbocycles. The van der Waals surface area contributed by atoms with Gasteiger partial charge in [-0.05, 0) is 31.8 Å². The van der Waals surface area contributed by atoms with E-state index in [-0.39, 0.29) is 22.8 Å². The standard InChI is InChI=1S/C17H22N4O4S/c1-20(2)11-10-19-26(24,25)15-8-9-16(17(12-15)21(22)23)18-13-14-6-4-3-5-7-14/h3-9,12,18-19H,10-11,13H2,1-2H3. The summed E-state index contributed by atoms with van der Waals surface area (Å²) in [6.45, 7) is 1.14. The molecule has 0 radical (unpaired) electrons. The lowest BCUT2D eigenvalue weighted by molar-refractivity contribution is -0.384. The Morgan fingerprint density at radius 3 is 2.42 bits per heavy atom. The number of sulfonamides is 1. The molecule has 0 aliphatic heterocycles. The first-order chi connectivity index (χ1) is 12.3. The van der Waals surface area contributed by atoms with Crippen LogP contribution in [0.2, 0.25) is 0 Å². The largest absolute Gasteiger partial charge is 0.375 e. The molecule has 9 heteroatoms. The third-order valence-corrected chi connectivity index (χ3v) is 5.11.